The number of anilines is 3. The van der Waals surface area contributed by atoms with Crippen LogP contribution in [0.1, 0.15) is 116 Å². The van der Waals surface area contributed by atoms with Crippen molar-refractivity contribution in [3.05, 3.63) is 95.8 Å². The number of hydrogen-bond acceptors (Lipinski definition) is 16. The number of piperazine rings is 1. The minimum atomic E-state index is -1.02. The van der Waals surface area contributed by atoms with Gasteiger partial charge < -0.3 is 35.4 Å². The van der Waals surface area contributed by atoms with Crippen LogP contribution in [0.4, 0.5) is 17.2 Å². The summed E-state index contributed by atoms with van der Waals surface area (Å²) in [5.41, 5.74) is 9.92. The molecule has 5 N–H and O–H groups in total. The van der Waals surface area contributed by atoms with Crippen molar-refractivity contribution >= 4 is 46.7 Å². The molecule has 0 spiro atoms. The fraction of sp³-hybridized carbons (Fsp3) is 0.473. The Morgan fingerprint density at radius 2 is 1.53 bits per heavy atom. The number of nitrogen functional groups attached to an aromatic ring is 1. The lowest BCUT2D eigenvalue weighted by atomic mass is 10.0. The minimum absolute atomic E-state index is 0.0645. The number of amides is 5. The molecule has 4 aliphatic heterocycles. The predicted octanol–water partition coefficient (Wildman–Crippen LogP) is 6.21. The average molecular weight is 1030 g/mol. The highest BCUT2D eigenvalue weighted by atomic mass is 16.5. The van der Waals surface area contributed by atoms with Gasteiger partial charge in [0.25, 0.3) is 11.8 Å². The molecule has 6 heterocycles. The van der Waals surface area contributed by atoms with E-state index in [1.165, 1.54) is 19.3 Å². The first-order valence-corrected chi connectivity index (χ1v) is 26.6. The standard InChI is InChI=1S/C55H68N12O8/c56-52-48(34-45(60-61-52)42-15-9-10-18-47(42)68)75-41-14-13-26-65(37-41)39-20-22-40(23-21-39)74-33-32-63-28-30-64(31-29-63)50(70)19-8-6-4-2-1-3-5-7-11-27-66-36-38(59-62-66)35-57-44-17-12-16-43-51(44)55(73)67(54(43)72)46-24-25-49(69)58-53(46)71/h9-10,12,15-18,20-23,34,36,41,46,57,68H,1-8,11,13-14,19,24-33,35,37H2,(H2,56,61)(H,58,69,71). The number of nitrogens with one attached hydrogen (secondary N) is 2. The fourth-order valence-electron chi connectivity index (χ4n) is 10.3. The normalized spacial score (nSPS) is 18.1. The summed E-state index contributed by atoms with van der Waals surface area (Å²) >= 11 is 0. The summed E-state index contributed by atoms with van der Waals surface area (Å²) in [5.74, 6) is -0.271. The van der Waals surface area contributed by atoms with Gasteiger partial charge >= 0.3 is 0 Å². The van der Waals surface area contributed by atoms with Crippen molar-refractivity contribution in [3.63, 3.8) is 0 Å². The summed E-state index contributed by atoms with van der Waals surface area (Å²) in [6, 6.07) is 20.9. The Bertz CT molecular complexity index is 2800. The second-order valence-electron chi connectivity index (χ2n) is 19.8. The number of phenols is 1. The number of unbranched alkanes of at least 4 members (excludes halogenated alkanes) is 8. The number of aromatic nitrogens is 5. The number of ether oxygens (including phenoxy) is 2. The van der Waals surface area contributed by atoms with E-state index in [0.717, 1.165) is 114 Å². The Morgan fingerprint density at radius 1 is 0.787 bits per heavy atom. The molecule has 0 saturated carbocycles. The quantitative estimate of drug-likeness (QED) is 0.0397. The van der Waals surface area contributed by atoms with E-state index in [4.69, 9.17) is 15.2 Å². The largest absolute Gasteiger partial charge is 0.507 e. The predicted molar refractivity (Wildman–Crippen MR) is 281 cm³/mol. The summed E-state index contributed by atoms with van der Waals surface area (Å²) in [5, 5.41) is 32.6. The van der Waals surface area contributed by atoms with Crippen molar-refractivity contribution in [3.8, 4) is 28.5 Å². The van der Waals surface area contributed by atoms with Crippen LogP contribution in [0.5, 0.6) is 17.2 Å². The Hall–Kier alpha value is -7.61. The van der Waals surface area contributed by atoms with Crippen LogP contribution in [-0.2, 0) is 27.5 Å². The highest BCUT2D eigenvalue weighted by Gasteiger charge is 2.45. The Balaban J connectivity index is 0.580. The minimum Gasteiger partial charge on any atom is -0.507 e. The van der Waals surface area contributed by atoms with Gasteiger partial charge in [0.05, 0.1) is 30.4 Å². The zero-order valence-corrected chi connectivity index (χ0v) is 42.5. The number of carbonyl (C=O) groups is 5. The summed E-state index contributed by atoms with van der Waals surface area (Å²) in [6.07, 6.45) is 14.4. The molecule has 2 unspecified atom stereocenters. The van der Waals surface area contributed by atoms with Crippen LogP contribution in [0.25, 0.3) is 11.3 Å². The van der Waals surface area contributed by atoms with Gasteiger partial charge in [-0.1, -0.05) is 68.4 Å². The number of piperidine rings is 2. The molecule has 9 rings (SSSR count). The third-order valence-electron chi connectivity index (χ3n) is 14.5. The molecule has 0 aliphatic carbocycles. The third kappa shape index (κ3) is 13.4. The molecule has 2 aromatic heterocycles. The smallest absolute Gasteiger partial charge is 0.264 e. The molecule has 3 fully saturated rings. The first-order valence-electron chi connectivity index (χ1n) is 26.6. The number of rotatable bonds is 24. The van der Waals surface area contributed by atoms with E-state index >= 15 is 0 Å². The summed E-state index contributed by atoms with van der Waals surface area (Å²) in [6.45, 7) is 7.27. The van der Waals surface area contributed by atoms with Gasteiger partial charge in [-0.05, 0) is 80.6 Å². The number of nitrogens with zero attached hydrogens (tertiary/aromatic N) is 9. The lowest BCUT2D eigenvalue weighted by Crippen LogP contribution is -2.54. The van der Waals surface area contributed by atoms with Crippen LogP contribution in [0.3, 0.4) is 0 Å². The van der Waals surface area contributed by atoms with E-state index in [9.17, 15) is 29.1 Å². The number of para-hydroxylation sites is 1. The van der Waals surface area contributed by atoms with E-state index in [2.05, 4.69) is 53.1 Å². The van der Waals surface area contributed by atoms with Crippen molar-refractivity contribution in [2.45, 2.75) is 115 Å². The summed E-state index contributed by atoms with van der Waals surface area (Å²) < 4.78 is 14.3. The van der Waals surface area contributed by atoms with Gasteiger partial charge in [0, 0.05) is 81.7 Å². The number of imide groups is 2. The van der Waals surface area contributed by atoms with Gasteiger partial charge in [-0.15, -0.1) is 15.3 Å². The molecule has 20 nitrogen and oxygen atoms in total. The van der Waals surface area contributed by atoms with Gasteiger partial charge in [-0.25, -0.2) is 0 Å². The van der Waals surface area contributed by atoms with Crippen LogP contribution in [-0.4, -0.2) is 139 Å². The molecule has 0 bridgehead atoms. The highest BCUT2D eigenvalue weighted by molar-refractivity contribution is 6.25. The van der Waals surface area contributed by atoms with Gasteiger partial charge in [-0.3, -0.25) is 43.8 Å². The van der Waals surface area contributed by atoms with Crippen molar-refractivity contribution in [1.29, 1.82) is 0 Å². The molecular weight excluding hydrogens is 957 g/mol. The lowest BCUT2D eigenvalue weighted by molar-refractivity contribution is -0.136. The molecule has 2 atom stereocenters. The van der Waals surface area contributed by atoms with Crippen LogP contribution in [0.15, 0.2) is 79.0 Å². The molecular formula is C55H68N12O8. The van der Waals surface area contributed by atoms with Gasteiger partial charge in [0.15, 0.2) is 11.6 Å². The topological polar surface area (TPSA) is 244 Å². The van der Waals surface area contributed by atoms with Crippen LogP contribution < -0.4 is 30.7 Å². The van der Waals surface area contributed by atoms with Crippen LogP contribution >= 0.6 is 0 Å². The van der Waals surface area contributed by atoms with E-state index in [0.29, 0.717) is 54.5 Å². The number of carbonyl (C=O) groups excluding carboxylic acids is 5. The maximum atomic E-state index is 13.4. The van der Waals surface area contributed by atoms with E-state index in [-0.39, 0.29) is 47.5 Å². The zero-order chi connectivity index (χ0) is 52.1. The van der Waals surface area contributed by atoms with Crippen molar-refractivity contribution in [1.82, 2.24) is 45.2 Å². The van der Waals surface area contributed by atoms with E-state index in [1.807, 2.05) is 34.0 Å². The van der Waals surface area contributed by atoms with Crippen LogP contribution in [0, 0.1) is 0 Å². The number of nitrogens with two attached hydrogens (primary N) is 1. The number of benzene rings is 3. The average Bonchev–Trinajstić information content (AvgIpc) is 4.00. The SMILES string of the molecule is Nc1nnc(-c2ccccc2O)cc1OC1CCCN(c2ccc(OCCN3CCN(C(=O)CCCCCCCCCCCn4cc(CNc5cccc6c5C(=O)N(C5CCC(=O)NC5=O)C6=O)nn4)CC3)cc2)C1. The lowest BCUT2D eigenvalue weighted by Gasteiger charge is -2.35. The third-order valence-corrected chi connectivity index (χ3v) is 14.5. The molecule has 75 heavy (non-hydrogen) atoms. The van der Waals surface area contributed by atoms with Gasteiger partial charge in [-0.2, -0.15) is 0 Å². The van der Waals surface area contributed by atoms with Crippen molar-refractivity contribution in [2.75, 3.05) is 68.4 Å². The molecule has 396 valence electrons. The maximum Gasteiger partial charge on any atom is 0.264 e. The molecule has 5 amide bonds. The number of aromatic hydroxyl groups is 1. The van der Waals surface area contributed by atoms with Gasteiger partial charge in [0.1, 0.15) is 41.6 Å². The second-order valence-corrected chi connectivity index (χ2v) is 19.8. The first-order chi connectivity index (χ1) is 36.6. The number of phenolic OH excluding ortho intramolecular Hbond substituents is 1. The number of fused-ring (bicyclic) bond motifs is 1. The Morgan fingerprint density at radius 3 is 2.31 bits per heavy atom. The maximum absolute atomic E-state index is 13.4. The molecule has 3 saturated heterocycles. The Kier molecular flexibility index (Phi) is 17.5. The molecule has 4 aliphatic rings. The van der Waals surface area contributed by atoms with E-state index < -0.39 is 29.7 Å². The number of aryl methyl sites for hydroxylation is 1. The monoisotopic (exact) mass is 1020 g/mol. The molecule has 3 aromatic carbocycles. The summed E-state index contributed by atoms with van der Waals surface area (Å²) in [7, 11) is 0. The fourth-order valence-corrected chi connectivity index (χ4v) is 10.3. The molecule has 20 heteroatoms. The van der Waals surface area contributed by atoms with E-state index in [1.54, 1.807) is 42.5 Å². The first kappa shape index (κ1) is 52.3. The van der Waals surface area contributed by atoms with Gasteiger partial charge in [0.2, 0.25) is 17.7 Å². The number of hydrogen-bond donors (Lipinski definition) is 4. The van der Waals surface area contributed by atoms with Crippen molar-refractivity contribution < 1.29 is 38.6 Å². The van der Waals surface area contributed by atoms with Crippen molar-refractivity contribution in [2.24, 2.45) is 0 Å². The summed E-state index contributed by atoms with van der Waals surface area (Å²) in [4.78, 5) is 71.3. The highest BCUT2D eigenvalue weighted by Crippen LogP contribution is 2.34. The van der Waals surface area contributed by atoms with Crippen LogP contribution in [0.2, 0.25) is 0 Å². The second kappa shape index (κ2) is 25.1. The Labute approximate surface area is 436 Å². The molecule has 0 radical (unpaired) electrons. The molecule has 5 aromatic rings. The zero-order valence-electron chi connectivity index (χ0n) is 42.5.